The fraction of sp³-hybridized carbons (Fsp3) is 0.900. The maximum Gasteiger partial charge on any atom is 0.248 e. The van der Waals surface area contributed by atoms with E-state index >= 15 is 0 Å². The third kappa shape index (κ3) is 4.82. The van der Waals surface area contributed by atoms with E-state index in [-0.39, 0.29) is 24.9 Å². The number of carbonyl (C=O) groups excluding carboxylic acids is 1. The molecule has 0 aromatic heterocycles. The van der Waals surface area contributed by atoms with Crippen LogP contribution >= 0.6 is 12.4 Å². The fourth-order valence-electron chi connectivity index (χ4n) is 1.70. The summed E-state index contributed by atoms with van der Waals surface area (Å²) in [5, 5.41) is 0. The Bertz CT molecular complexity index is 182. The summed E-state index contributed by atoms with van der Waals surface area (Å²) in [7, 11) is 0. The van der Waals surface area contributed by atoms with Gasteiger partial charge < -0.3 is 15.4 Å². The molecule has 1 heterocycles. The highest BCUT2D eigenvalue weighted by molar-refractivity contribution is 5.85. The molecular weight excluding hydrogens is 216 g/mol. The maximum absolute atomic E-state index is 11.5. The Hall–Kier alpha value is -0.320. The van der Waals surface area contributed by atoms with Crippen molar-refractivity contribution >= 4 is 18.3 Å². The van der Waals surface area contributed by atoms with E-state index in [1.807, 2.05) is 11.8 Å². The second kappa shape index (κ2) is 7.91. The summed E-state index contributed by atoms with van der Waals surface area (Å²) in [6.07, 6.45) is 2.07. The second-order valence-electron chi connectivity index (χ2n) is 3.70. The van der Waals surface area contributed by atoms with Gasteiger partial charge in [-0.25, -0.2) is 0 Å². The summed E-state index contributed by atoms with van der Waals surface area (Å²) in [5.41, 5.74) is 5.58. The molecule has 4 nitrogen and oxygen atoms in total. The van der Waals surface area contributed by atoms with E-state index in [2.05, 4.69) is 0 Å². The molecule has 1 aliphatic rings. The first kappa shape index (κ1) is 14.7. The van der Waals surface area contributed by atoms with Crippen LogP contribution in [0.3, 0.4) is 0 Å². The lowest BCUT2D eigenvalue weighted by molar-refractivity contribution is -0.137. The van der Waals surface area contributed by atoms with Crippen LogP contribution in [0, 0.1) is 5.92 Å². The van der Waals surface area contributed by atoms with Gasteiger partial charge in [-0.1, -0.05) is 0 Å². The minimum Gasteiger partial charge on any atom is -0.372 e. The normalized spacial score (nSPS) is 17.3. The monoisotopic (exact) mass is 236 g/mol. The lowest BCUT2D eigenvalue weighted by atomic mass is 9.97. The Morgan fingerprint density at radius 3 is 2.53 bits per heavy atom. The van der Waals surface area contributed by atoms with Crippen LogP contribution in [0.15, 0.2) is 0 Å². The number of amides is 1. The second-order valence-corrected chi connectivity index (χ2v) is 3.70. The van der Waals surface area contributed by atoms with Gasteiger partial charge in [0.15, 0.2) is 0 Å². The number of hydrogen-bond donors (Lipinski definition) is 1. The van der Waals surface area contributed by atoms with Gasteiger partial charge in [0.25, 0.3) is 0 Å². The van der Waals surface area contributed by atoms with Crippen molar-refractivity contribution in [3.05, 3.63) is 0 Å². The highest BCUT2D eigenvalue weighted by Crippen LogP contribution is 2.15. The number of rotatable bonds is 4. The van der Waals surface area contributed by atoms with Crippen molar-refractivity contribution in [2.75, 3.05) is 32.8 Å². The molecule has 15 heavy (non-hydrogen) atoms. The lowest BCUT2D eigenvalue weighted by Gasteiger charge is -2.31. The average Bonchev–Trinajstić information content (AvgIpc) is 2.26. The molecule has 1 amide bonds. The van der Waals surface area contributed by atoms with Crippen LogP contribution in [0.2, 0.25) is 0 Å². The highest BCUT2D eigenvalue weighted by Gasteiger charge is 2.21. The molecule has 2 N–H and O–H groups in total. The third-order valence-corrected chi connectivity index (χ3v) is 2.73. The van der Waals surface area contributed by atoms with E-state index < -0.39 is 0 Å². The zero-order valence-electron chi connectivity index (χ0n) is 9.28. The van der Waals surface area contributed by atoms with Gasteiger partial charge in [0.1, 0.15) is 6.61 Å². The largest absolute Gasteiger partial charge is 0.372 e. The molecule has 0 aromatic carbocycles. The fourth-order valence-corrected chi connectivity index (χ4v) is 1.70. The summed E-state index contributed by atoms with van der Waals surface area (Å²) in [6, 6.07) is 0. The van der Waals surface area contributed by atoms with Crippen molar-refractivity contribution in [3.8, 4) is 0 Å². The molecule has 0 saturated carbocycles. The Morgan fingerprint density at radius 2 is 2.07 bits per heavy atom. The quantitative estimate of drug-likeness (QED) is 0.780. The van der Waals surface area contributed by atoms with Gasteiger partial charge in [-0.15, -0.1) is 12.4 Å². The number of nitrogens with two attached hydrogens (primary N) is 1. The van der Waals surface area contributed by atoms with Gasteiger partial charge in [-0.3, -0.25) is 4.79 Å². The topological polar surface area (TPSA) is 55.6 Å². The van der Waals surface area contributed by atoms with Crippen LogP contribution in [0.4, 0.5) is 0 Å². The van der Waals surface area contributed by atoms with E-state index in [4.69, 9.17) is 10.5 Å². The van der Waals surface area contributed by atoms with E-state index in [0.29, 0.717) is 12.5 Å². The third-order valence-electron chi connectivity index (χ3n) is 2.73. The van der Waals surface area contributed by atoms with E-state index in [9.17, 15) is 4.79 Å². The molecule has 0 aromatic rings. The van der Waals surface area contributed by atoms with Crippen LogP contribution in [-0.4, -0.2) is 43.7 Å². The van der Waals surface area contributed by atoms with Gasteiger partial charge >= 0.3 is 0 Å². The van der Waals surface area contributed by atoms with Crippen molar-refractivity contribution in [2.24, 2.45) is 11.7 Å². The van der Waals surface area contributed by atoms with Crippen molar-refractivity contribution < 1.29 is 9.53 Å². The molecule has 0 spiro atoms. The van der Waals surface area contributed by atoms with Crippen molar-refractivity contribution in [2.45, 2.75) is 19.8 Å². The smallest absolute Gasteiger partial charge is 0.248 e. The van der Waals surface area contributed by atoms with Crippen LogP contribution in [0.25, 0.3) is 0 Å². The van der Waals surface area contributed by atoms with Gasteiger partial charge in [0, 0.05) is 19.7 Å². The number of piperidine rings is 1. The first-order chi connectivity index (χ1) is 6.77. The van der Waals surface area contributed by atoms with Crippen molar-refractivity contribution in [3.63, 3.8) is 0 Å². The molecular formula is C10H21ClN2O2. The number of carbonyl (C=O) groups is 1. The number of ether oxygens (including phenoxy) is 1. The van der Waals surface area contributed by atoms with Crippen LogP contribution in [0.1, 0.15) is 19.8 Å². The van der Waals surface area contributed by atoms with E-state index in [0.717, 1.165) is 32.5 Å². The molecule has 0 unspecified atom stereocenters. The molecule has 1 saturated heterocycles. The van der Waals surface area contributed by atoms with E-state index in [1.165, 1.54) is 0 Å². The van der Waals surface area contributed by atoms with Gasteiger partial charge in [0.05, 0.1) is 0 Å². The number of nitrogens with zero attached hydrogens (tertiary/aromatic N) is 1. The summed E-state index contributed by atoms with van der Waals surface area (Å²) in [4.78, 5) is 13.4. The zero-order valence-corrected chi connectivity index (χ0v) is 10.1. The predicted molar refractivity (Wildman–Crippen MR) is 62.1 cm³/mol. The summed E-state index contributed by atoms with van der Waals surface area (Å²) < 4.78 is 5.09. The SMILES string of the molecule is CCOCC(=O)N1CCC(CN)CC1.Cl. The Labute approximate surface area is 97.5 Å². The first-order valence-electron chi connectivity index (χ1n) is 5.33. The predicted octanol–water partition coefficient (Wildman–Crippen LogP) is 0.642. The number of likely N-dealkylation sites (tertiary alicyclic amines) is 1. The average molecular weight is 237 g/mol. The van der Waals surface area contributed by atoms with Gasteiger partial charge in [-0.2, -0.15) is 0 Å². The molecule has 1 aliphatic heterocycles. The van der Waals surface area contributed by atoms with Gasteiger partial charge in [-0.05, 0) is 32.2 Å². The van der Waals surface area contributed by atoms with Crippen LogP contribution in [0.5, 0.6) is 0 Å². The van der Waals surface area contributed by atoms with Crippen molar-refractivity contribution in [1.29, 1.82) is 0 Å². The highest BCUT2D eigenvalue weighted by atomic mass is 35.5. The molecule has 0 aliphatic carbocycles. The molecule has 0 radical (unpaired) electrons. The summed E-state index contributed by atoms with van der Waals surface area (Å²) in [5.74, 6) is 0.716. The maximum atomic E-state index is 11.5. The first-order valence-corrected chi connectivity index (χ1v) is 5.33. The summed E-state index contributed by atoms with van der Waals surface area (Å²) in [6.45, 7) is 5.15. The Balaban J connectivity index is 0.00000196. The molecule has 0 bridgehead atoms. The molecule has 90 valence electrons. The molecule has 5 heteroatoms. The Morgan fingerprint density at radius 1 is 1.47 bits per heavy atom. The lowest BCUT2D eigenvalue weighted by Crippen LogP contribution is -2.41. The zero-order chi connectivity index (χ0) is 10.4. The summed E-state index contributed by atoms with van der Waals surface area (Å²) >= 11 is 0. The van der Waals surface area contributed by atoms with Gasteiger partial charge in [0.2, 0.25) is 5.91 Å². The number of halogens is 1. The number of hydrogen-bond acceptors (Lipinski definition) is 3. The minimum atomic E-state index is 0. The standard InChI is InChI=1S/C10H20N2O2.ClH/c1-2-14-8-10(13)12-5-3-9(7-11)4-6-12;/h9H,2-8,11H2,1H3;1H. The van der Waals surface area contributed by atoms with Crippen molar-refractivity contribution in [1.82, 2.24) is 4.90 Å². The molecule has 1 rings (SSSR count). The van der Waals surface area contributed by atoms with E-state index in [1.54, 1.807) is 0 Å². The molecule has 1 fully saturated rings. The van der Waals surface area contributed by atoms with Crippen LogP contribution < -0.4 is 5.73 Å². The Kier molecular flexibility index (Phi) is 7.74. The van der Waals surface area contributed by atoms with Crippen LogP contribution in [-0.2, 0) is 9.53 Å². The molecule has 0 atom stereocenters. The minimum absolute atomic E-state index is 0.